The van der Waals surface area contributed by atoms with E-state index in [0.717, 1.165) is 105 Å². The number of nitrogens with one attached hydrogen (secondary N) is 2. The maximum absolute atomic E-state index is 13.7. The molecule has 0 radical (unpaired) electrons. The van der Waals surface area contributed by atoms with Crippen LogP contribution in [0.3, 0.4) is 0 Å². The highest BCUT2D eigenvalue weighted by Gasteiger charge is 2.26. The van der Waals surface area contributed by atoms with Crippen molar-refractivity contribution in [1.29, 1.82) is 0 Å². The van der Waals surface area contributed by atoms with Gasteiger partial charge in [-0.25, -0.2) is 19.3 Å². The quantitative estimate of drug-likeness (QED) is 0.203. The molecule has 0 saturated carbocycles. The van der Waals surface area contributed by atoms with Gasteiger partial charge in [-0.3, -0.25) is 0 Å². The van der Waals surface area contributed by atoms with E-state index < -0.39 is 0 Å². The Kier molecular flexibility index (Phi) is 8.31. The van der Waals surface area contributed by atoms with Crippen molar-refractivity contribution in [2.45, 2.75) is 38.4 Å². The molecule has 2 aliphatic heterocycles. The maximum atomic E-state index is 13.7. The molecule has 1 fully saturated rings. The Morgan fingerprint density at radius 1 is 1.02 bits per heavy atom. The summed E-state index contributed by atoms with van der Waals surface area (Å²) in [5, 5.41) is 9.32. The fourth-order valence-corrected chi connectivity index (χ4v) is 7.10. The van der Waals surface area contributed by atoms with Crippen LogP contribution in [-0.2, 0) is 19.5 Å². The lowest BCUT2D eigenvalue weighted by atomic mass is 10.0. The zero-order valence-electron chi connectivity index (χ0n) is 24.6. The summed E-state index contributed by atoms with van der Waals surface area (Å²) >= 11 is 6.67. The van der Waals surface area contributed by atoms with Crippen LogP contribution < -0.4 is 16.4 Å². The van der Waals surface area contributed by atoms with Crippen molar-refractivity contribution < 1.29 is 4.39 Å². The number of benzene rings is 2. The van der Waals surface area contributed by atoms with Crippen molar-refractivity contribution in [3.63, 3.8) is 0 Å². The first-order chi connectivity index (χ1) is 21.6. The highest BCUT2D eigenvalue weighted by Crippen LogP contribution is 2.36. The fraction of sp³-hybridized carbons (Fsp3) is 0.364. The topological polar surface area (TPSA) is 102 Å². The number of imidazole rings is 1. The van der Waals surface area contributed by atoms with Crippen molar-refractivity contribution in [3.8, 4) is 22.6 Å². The van der Waals surface area contributed by atoms with Gasteiger partial charge in [0.25, 0.3) is 0 Å². The van der Waals surface area contributed by atoms with Crippen LogP contribution in [-0.4, -0.2) is 68.3 Å². The first-order valence-corrected chi connectivity index (χ1v) is 15.8. The molecule has 0 spiro atoms. The summed E-state index contributed by atoms with van der Waals surface area (Å²) in [5.74, 6) is -0.0612. The molecule has 0 unspecified atom stereocenters. The van der Waals surface area contributed by atoms with Gasteiger partial charge >= 0.3 is 0 Å². The maximum Gasteiger partial charge on any atom is 0.220 e. The van der Waals surface area contributed by atoms with Crippen LogP contribution in [0.5, 0.6) is 0 Å². The minimum atomic E-state index is -0.276. The van der Waals surface area contributed by atoms with E-state index in [1.165, 1.54) is 28.8 Å². The van der Waals surface area contributed by atoms with E-state index in [1.54, 1.807) is 18.3 Å². The van der Waals surface area contributed by atoms with E-state index >= 15 is 0 Å². The van der Waals surface area contributed by atoms with E-state index in [9.17, 15) is 4.39 Å². The number of nitrogens with two attached hydrogens (primary N) is 1. The van der Waals surface area contributed by atoms with Gasteiger partial charge < -0.3 is 30.4 Å². The monoisotopic (exact) mass is 613 g/mol. The average molecular weight is 614 g/mol. The summed E-state index contributed by atoms with van der Waals surface area (Å²) in [6.45, 7) is 7.63. The molecule has 7 rings (SSSR count). The van der Waals surface area contributed by atoms with E-state index in [4.69, 9.17) is 22.3 Å². The minimum Gasteiger partial charge on any atom is -0.368 e. The molecule has 4 N–H and O–H groups in total. The number of hydrogen-bond acceptors (Lipinski definition) is 7. The molecular weight excluding hydrogens is 577 g/mol. The van der Waals surface area contributed by atoms with Crippen molar-refractivity contribution in [2.24, 2.45) is 0 Å². The first-order valence-electron chi connectivity index (χ1n) is 15.4. The lowest BCUT2D eigenvalue weighted by molar-refractivity contribution is 0.187. The largest absolute Gasteiger partial charge is 0.368 e. The van der Waals surface area contributed by atoms with Crippen LogP contribution in [0.15, 0.2) is 61.1 Å². The summed E-state index contributed by atoms with van der Waals surface area (Å²) in [6, 6.07) is 14.8. The number of nitrogens with zero attached hydrogens (tertiary/aromatic N) is 6. The predicted molar refractivity (Wildman–Crippen MR) is 173 cm³/mol. The van der Waals surface area contributed by atoms with Crippen LogP contribution in [0, 0.1) is 5.82 Å². The number of hydrogen-bond donors (Lipinski definition) is 3. The van der Waals surface area contributed by atoms with Crippen LogP contribution in [0.2, 0.25) is 5.02 Å². The Hall–Kier alpha value is -3.83. The van der Waals surface area contributed by atoms with E-state index in [0.29, 0.717) is 0 Å². The Bertz CT molecular complexity index is 1760. The van der Waals surface area contributed by atoms with Crippen molar-refractivity contribution >= 4 is 28.5 Å². The summed E-state index contributed by atoms with van der Waals surface area (Å²) in [6.07, 6.45) is 6.60. The molecule has 0 aliphatic carbocycles. The smallest absolute Gasteiger partial charge is 0.220 e. The van der Waals surface area contributed by atoms with Gasteiger partial charge in [0.1, 0.15) is 5.82 Å². The van der Waals surface area contributed by atoms with Gasteiger partial charge in [-0.2, -0.15) is 0 Å². The Balaban J connectivity index is 0.974. The van der Waals surface area contributed by atoms with Gasteiger partial charge in [-0.05, 0) is 67.8 Å². The normalized spacial score (nSPS) is 16.0. The molecule has 0 amide bonds. The Morgan fingerprint density at radius 2 is 1.84 bits per heavy atom. The predicted octanol–water partition coefficient (Wildman–Crippen LogP) is 4.91. The third kappa shape index (κ3) is 5.70. The summed E-state index contributed by atoms with van der Waals surface area (Å²) in [7, 11) is 0. The number of piperidine rings is 1. The SMILES string of the molecule is Nc1nccc(-c2c(-c3ccc(F)cc3)ncn2C2CCN(CCNCCn3c4c(c5cccc(Cl)c53)CCNC4)CC2)n1. The molecule has 228 valence electrons. The van der Waals surface area contributed by atoms with Gasteiger partial charge in [0.15, 0.2) is 0 Å². The van der Waals surface area contributed by atoms with E-state index in [-0.39, 0.29) is 17.8 Å². The number of aromatic nitrogens is 5. The zero-order chi connectivity index (χ0) is 30.0. The standard InChI is InChI=1S/C33H37ClFN9/c34-27-3-1-2-26-25-8-12-38-20-29(25)43(31(26)27)19-15-37-14-18-42-16-10-24(11-17-42)44-21-40-30(22-4-6-23(35)7-5-22)32(44)28-9-13-39-33(36)41-28/h1-7,9,13,21,24,37-38H,8,10-12,14-20H2,(H2,36,39,41). The van der Waals surface area contributed by atoms with Gasteiger partial charge in [-0.1, -0.05) is 23.7 Å². The number of nitrogen functional groups attached to an aromatic ring is 1. The second-order valence-electron chi connectivity index (χ2n) is 11.6. The van der Waals surface area contributed by atoms with Crippen molar-refractivity contribution in [1.82, 2.24) is 39.6 Å². The summed E-state index contributed by atoms with van der Waals surface area (Å²) < 4.78 is 18.3. The minimum absolute atomic E-state index is 0.215. The Labute approximate surface area is 261 Å². The number of fused-ring (bicyclic) bond motifs is 3. The molecule has 2 aromatic carbocycles. The Morgan fingerprint density at radius 3 is 2.66 bits per heavy atom. The molecule has 3 aromatic heterocycles. The number of para-hydroxylation sites is 1. The fourth-order valence-electron chi connectivity index (χ4n) is 6.82. The van der Waals surface area contributed by atoms with Gasteiger partial charge in [0.05, 0.1) is 33.9 Å². The van der Waals surface area contributed by atoms with Crippen LogP contribution >= 0.6 is 11.6 Å². The highest BCUT2D eigenvalue weighted by molar-refractivity contribution is 6.35. The molecule has 2 aliphatic rings. The second kappa shape index (κ2) is 12.6. The number of halogens is 2. The highest BCUT2D eigenvalue weighted by atomic mass is 35.5. The molecule has 5 aromatic rings. The molecule has 9 nitrogen and oxygen atoms in total. The summed E-state index contributed by atoms with van der Waals surface area (Å²) in [4.78, 5) is 15.9. The van der Waals surface area contributed by atoms with Crippen LogP contribution in [0.4, 0.5) is 10.3 Å². The third-order valence-corrected chi connectivity index (χ3v) is 9.30. The molecule has 0 bridgehead atoms. The first kappa shape index (κ1) is 28.9. The molecule has 0 atom stereocenters. The number of likely N-dealkylation sites (tertiary alicyclic amines) is 1. The van der Waals surface area contributed by atoms with Crippen molar-refractivity contribution in [2.75, 3.05) is 45.0 Å². The molecule has 44 heavy (non-hydrogen) atoms. The lowest BCUT2D eigenvalue weighted by Crippen LogP contribution is -2.39. The van der Waals surface area contributed by atoms with E-state index in [2.05, 4.69) is 46.8 Å². The number of rotatable bonds is 9. The van der Waals surface area contributed by atoms with E-state index in [1.807, 2.05) is 18.5 Å². The zero-order valence-corrected chi connectivity index (χ0v) is 25.4. The second-order valence-corrected chi connectivity index (χ2v) is 12.0. The van der Waals surface area contributed by atoms with Gasteiger partial charge in [0.2, 0.25) is 5.95 Å². The summed E-state index contributed by atoms with van der Waals surface area (Å²) in [5.41, 5.74) is 13.1. The average Bonchev–Trinajstić information content (AvgIpc) is 3.63. The van der Waals surface area contributed by atoms with Gasteiger partial charge in [-0.15, -0.1) is 0 Å². The van der Waals surface area contributed by atoms with Crippen LogP contribution in [0.1, 0.15) is 30.1 Å². The van der Waals surface area contributed by atoms with Crippen molar-refractivity contribution in [3.05, 3.63) is 83.2 Å². The van der Waals surface area contributed by atoms with Gasteiger partial charge in [0, 0.05) is 74.7 Å². The van der Waals surface area contributed by atoms with Crippen LogP contribution in [0.25, 0.3) is 33.5 Å². The number of anilines is 1. The lowest BCUT2D eigenvalue weighted by Gasteiger charge is -2.33. The molecule has 1 saturated heterocycles. The molecule has 11 heteroatoms. The third-order valence-electron chi connectivity index (χ3n) is 9.00. The molecule has 5 heterocycles. The molecular formula is C33H37ClFN9.